The molecule has 20 heavy (non-hydrogen) atoms. The fraction of sp³-hybridized carbons (Fsp3) is 0.375. The highest BCUT2D eigenvalue weighted by atomic mass is 16.5. The molecular formula is C16H20N2O2. The van der Waals surface area contributed by atoms with Crippen LogP contribution in [-0.2, 0) is 0 Å². The summed E-state index contributed by atoms with van der Waals surface area (Å²) in [5.74, 6) is 0.772. The Morgan fingerprint density at radius 1 is 1.35 bits per heavy atom. The number of nitrogens with one attached hydrogen (secondary N) is 1. The maximum atomic E-state index is 12.4. The van der Waals surface area contributed by atoms with Gasteiger partial charge in [0.2, 0.25) is 0 Å². The molecular weight excluding hydrogens is 252 g/mol. The Morgan fingerprint density at radius 3 is 2.65 bits per heavy atom. The predicted octanol–water partition coefficient (Wildman–Crippen LogP) is 4.06. The highest BCUT2D eigenvalue weighted by Gasteiger charge is 2.19. The maximum Gasteiger partial charge on any atom is 0.261 e. The maximum absolute atomic E-state index is 12.4. The topological polar surface area (TPSA) is 55.1 Å². The van der Waals surface area contributed by atoms with E-state index in [1.54, 1.807) is 13.8 Å². The summed E-state index contributed by atoms with van der Waals surface area (Å²) in [6.45, 7) is 7.81. The lowest BCUT2D eigenvalue weighted by atomic mass is 9.96. The molecule has 0 spiro atoms. The van der Waals surface area contributed by atoms with E-state index < -0.39 is 0 Å². The zero-order valence-corrected chi connectivity index (χ0v) is 12.4. The highest BCUT2D eigenvalue weighted by molar-refractivity contribution is 6.06. The minimum atomic E-state index is -0.169. The summed E-state index contributed by atoms with van der Waals surface area (Å²) in [6, 6.07) is 7.90. The molecule has 1 aromatic carbocycles. The van der Waals surface area contributed by atoms with E-state index in [4.69, 9.17) is 4.52 Å². The number of para-hydroxylation sites is 1. The van der Waals surface area contributed by atoms with Crippen LogP contribution in [0.2, 0.25) is 0 Å². The molecule has 1 amide bonds. The van der Waals surface area contributed by atoms with Crippen molar-refractivity contribution in [2.75, 3.05) is 5.32 Å². The fourth-order valence-electron chi connectivity index (χ4n) is 2.25. The summed E-state index contributed by atoms with van der Waals surface area (Å²) in [5.41, 5.74) is 3.13. The minimum absolute atomic E-state index is 0.169. The Bertz CT molecular complexity index is 597. The van der Waals surface area contributed by atoms with Crippen LogP contribution in [0.25, 0.3) is 0 Å². The van der Waals surface area contributed by atoms with Gasteiger partial charge in [-0.05, 0) is 37.8 Å². The van der Waals surface area contributed by atoms with Crippen LogP contribution in [0.15, 0.2) is 28.8 Å². The van der Waals surface area contributed by atoms with Crippen molar-refractivity contribution in [2.24, 2.45) is 0 Å². The third-order valence-corrected chi connectivity index (χ3v) is 3.61. The fourth-order valence-corrected chi connectivity index (χ4v) is 2.25. The normalized spacial score (nSPS) is 12.2. The van der Waals surface area contributed by atoms with E-state index in [1.807, 2.05) is 18.2 Å². The quantitative estimate of drug-likeness (QED) is 0.913. The number of hydrogen-bond donors (Lipinski definition) is 1. The summed E-state index contributed by atoms with van der Waals surface area (Å²) in [6.07, 6.45) is 1.03. The molecule has 0 saturated heterocycles. The smallest absolute Gasteiger partial charge is 0.261 e. The van der Waals surface area contributed by atoms with Crippen LogP contribution < -0.4 is 5.32 Å². The number of aromatic nitrogens is 1. The van der Waals surface area contributed by atoms with Gasteiger partial charge in [-0.25, -0.2) is 0 Å². The van der Waals surface area contributed by atoms with Gasteiger partial charge in [-0.2, -0.15) is 0 Å². The minimum Gasteiger partial charge on any atom is -0.361 e. The number of rotatable bonds is 4. The Balaban J connectivity index is 2.29. The zero-order valence-electron chi connectivity index (χ0n) is 12.4. The molecule has 0 aliphatic heterocycles. The molecule has 4 nitrogen and oxygen atoms in total. The number of amides is 1. The highest BCUT2D eigenvalue weighted by Crippen LogP contribution is 2.27. The molecule has 2 aromatic rings. The van der Waals surface area contributed by atoms with Crippen molar-refractivity contribution in [3.8, 4) is 0 Å². The van der Waals surface area contributed by atoms with E-state index in [2.05, 4.69) is 30.4 Å². The van der Waals surface area contributed by atoms with Gasteiger partial charge in [0.25, 0.3) is 5.91 Å². The van der Waals surface area contributed by atoms with Crippen LogP contribution in [-0.4, -0.2) is 11.1 Å². The third-order valence-electron chi connectivity index (χ3n) is 3.61. The van der Waals surface area contributed by atoms with Crippen LogP contribution in [0.4, 0.5) is 5.69 Å². The van der Waals surface area contributed by atoms with E-state index in [1.165, 1.54) is 0 Å². The molecule has 0 radical (unpaired) electrons. The van der Waals surface area contributed by atoms with Gasteiger partial charge in [-0.1, -0.05) is 37.2 Å². The first-order valence-electron chi connectivity index (χ1n) is 6.87. The molecule has 4 heteroatoms. The van der Waals surface area contributed by atoms with Crippen molar-refractivity contribution >= 4 is 11.6 Å². The molecule has 0 fully saturated rings. The largest absolute Gasteiger partial charge is 0.361 e. The van der Waals surface area contributed by atoms with Gasteiger partial charge in [0.05, 0.1) is 5.69 Å². The number of hydrogen-bond acceptors (Lipinski definition) is 3. The molecule has 1 atom stereocenters. The summed E-state index contributed by atoms with van der Waals surface area (Å²) < 4.78 is 5.04. The van der Waals surface area contributed by atoms with Crippen LogP contribution in [0.5, 0.6) is 0 Å². The second-order valence-electron chi connectivity index (χ2n) is 5.05. The van der Waals surface area contributed by atoms with Crippen LogP contribution in [0, 0.1) is 13.8 Å². The van der Waals surface area contributed by atoms with Crippen molar-refractivity contribution in [1.82, 2.24) is 5.16 Å². The van der Waals surface area contributed by atoms with E-state index in [-0.39, 0.29) is 5.91 Å². The number of anilines is 1. The summed E-state index contributed by atoms with van der Waals surface area (Å²) in [5, 5.41) is 6.79. The predicted molar refractivity (Wildman–Crippen MR) is 79.1 cm³/mol. The van der Waals surface area contributed by atoms with E-state index >= 15 is 0 Å². The Kier molecular flexibility index (Phi) is 4.23. The Morgan fingerprint density at radius 2 is 2.05 bits per heavy atom. The average molecular weight is 272 g/mol. The van der Waals surface area contributed by atoms with Crippen LogP contribution in [0.1, 0.15) is 53.6 Å². The van der Waals surface area contributed by atoms with Gasteiger partial charge in [-0.15, -0.1) is 0 Å². The first-order chi connectivity index (χ1) is 9.54. The van der Waals surface area contributed by atoms with Crippen molar-refractivity contribution in [3.63, 3.8) is 0 Å². The molecule has 2 rings (SSSR count). The molecule has 0 unspecified atom stereocenters. The second-order valence-corrected chi connectivity index (χ2v) is 5.05. The number of carbonyl (C=O) groups excluding carboxylic acids is 1. The SMILES string of the molecule is CC[C@@H](C)c1ccccc1NC(=O)c1c(C)noc1C. The molecule has 0 aliphatic carbocycles. The molecule has 1 aromatic heterocycles. The van der Waals surface area contributed by atoms with E-state index in [9.17, 15) is 4.79 Å². The summed E-state index contributed by atoms with van der Waals surface area (Å²) in [4.78, 5) is 12.4. The summed E-state index contributed by atoms with van der Waals surface area (Å²) in [7, 11) is 0. The van der Waals surface area contributed by atoms with Gasteiger partial charge < -0.3 is 9.84 Å². The first-order valence-corrected chi connectivity index (χ1v) is 6.87. The first kappa shape index (κ1) is 14.3. The lowest BCUT2D eigenvalue weighted by Crippen LogP contribution is -2.15. The Labute approximate surface area is 119 Å². The standard InChI is InChI=1S/C16H20N2O2/c1-5-10(2)13-8-6-7-9-14(13)17-16(19)15-11(3)18-20-12(15)4/h6-10H,5H2,1-4H3,(H,17,19)/t10-/m1/s1. The summed E-state index contributed by atoms with van der Waals surface area (Å²) >= 11 is 0. The molecule has 0 saturated carbocycles. The van der Waals surface area contributed by atoms with Gasteiger partial charge in [-0.3, -0.25) is 4.79 Å². The van der Waals surface area contributed by atoms with Gasteiger partial charge in [0.15, 0.2) is 0 Å². The monoisotopic (exact) mass is 272 g/mol. The lowest BCUT2D eigenvalue weighted by Gasteiger charge is -2.15. The van der Waals surface area contributed by atoms with E-state index in [0.717, 1.165) is 17.7 Å². The van der Waals surface area contributed by atoms with Crippen molar-refractivity contribution in [1.29, 1.82) is 0 Å². The second kappa shape index (κ2) is 5.90. The molecule has 1 heterocycles. The van der Waals surface area contributed by atoms with Gasteiger partial charge in [0.1, 0.15) is 11.3 Å². The molecule has 0 bridgehead atoms. The Hall–Kier alpha value is -2.10. The molecule has 1 N–H and O–H groups in total. The zero-order chi connectivity index (χ0) is 14.7. The molecule has 0 aliphatic rings. The number of benzene rings is 1. The average Bonchev–Trinajstić information content (AvgIpc) is 2.78. The molecule has 106 valence electrons. The lowest BCUT2D eigenvalue weighted by molar-refractivity contribution is 0.102. The number of carbonyl (C=O) groups is 1. The van der Waals surface area contributed by atoms with Crippen molar-refractivity contribution in [3.05, 3.63) is 46.8 Å². The van der Waals surface area contributed by atoms with Gasteiger partial charge in [0, 0.05) is 5.69 Å². The van der Waals surface area contributed by atoms with Crippen molar-refractivity contribution < 1.29 is 9.32 Å². The number of aryl methyl sites for hydroxylation is 2. The van der Waals surface area contributed by atoms with E-state index in [0.29, 0.717) is 22.9 Å². The third kappa shape index (κ3) is 2.74. The van der Waals surface area contributed by atoms with Crippen LogP contribution >= 0.6 is 0 Å². The van der Waals surface area contributed by atoms with Gasteiger partial charge >= 0.3 is 0 Å². The van der Waals surface area contributed by atoms with Crippen LogP contribution in [0.3, 0.4) is 0 Å². The number of nitrogens with zero attached hydrogens (tertiary/aromatic N) is 1. The van der Waals surface area contributed by atoms with Crippen molar-refractivity contribution in [2.45, 2.75) is 40.0 Å².